The van der Waals surface area contributed by atoms with Gasteiger partial charge in [-0.05, 0) is 0 Å². The minimum absolute atomic E-state index is 3.00. The average molecular weight is 224 g/mol. The number of hydrogen-bond acceptors (Lipinski definition) is 0. The van der Waals surface area contributed by atoms with Gasteiger partial charge in [-0.15, -0.1) is 105 Å². The van der Waals surface area contributed by atoms with Crippen LogP contribution in [0.3, 0.4) is 0 Å². The van der Waals surface area contributed by atoms with Gasteiger partial charge in [-0.25, -0.2) is 0 Å². The lowest BCUT2D eigenvalue weighted by Gasteiger charge is -0.813. The first kappa shape index (κ1) is 66.3. The molecule has 0 heteroatoms. The fourth-order valence-corrected chi connectivity index (χ4v) is 0. The van der Waals surface area contributed by atoms with Gasteiger partial charge in [0, 0.05) is 0 Å². The van der Waals surface area contributed by atoms with Gasteiger partial charge in [0.1, 0.15) is 0 Å². The van der Waals surface area contributed by atoms with Crippen LogP contribution in [0.2, 0.25) is 0 Å². The van der Waals surface area contributed by atoms with Crippen molar-refractivity contribution in [3.05, 3.63) is 105 Å². The van der Waals surface area contributed by atoms with Crippen LogP contribution in [-0.4, -0.2) is 0 Å². The molecule has 0 nitrogen and oxygen atoms in total. The highest BCUT2D eigenvalue weighted by Crippen LogP contribution is 0.876. The van der Waals surface area contributed by atoms with Crippen molar-refractivity contribution in [2.75, 3.05) is 0 Å². The van der Waals surface area contributed by atoms with Gasteiger partial charge in [0.25, 0.3) is 0 Å². The van der Waals surface area contributed by atoms with Crippen LogP contribution in [0, 0.1) is 0 Å². The molecule has 0 radical (unpaired) electrons. The molecule has 0 aromatic rings. The summed E-state index contributed by atoms with van der Waals surface area (Å²) in [6.45, 7) is 48.0. The molecule has 0 unspecified atom stereocenters. The molecular weight excluding hydrogens is 192 g/mol. The zero-order chi connectivity index (χ0) is 16.0. The van der Waals surface area contributed by atoms with Gasteiger partial charge >= 0.3 is 0 Å². The van der Waals surface area contributed by atoms with Crippen LogP contribution in [0.15, 0.2) is 105 Å². The van der Waals surface area contributed by atoms with Crippen LogP contribution in [0.25, 0.3) is 0 Å². The predicted octanol–water partition coefficient (Wildman–Crippen LogP) is 6.42. The van der Waals surface area contributed by atoms with Crippen molar-refractivity contribution in [3.63, 3.8) is 0 Å². The third kappa shape index (κ3) is 329. The molecule has 0 rings (SSSR count). The second-order valence-corrected chi connectivity index (χ2v) is 0. The van der Waals surface area contributed by atoms with E-state index in [4.69, 9.17) is 0 Å². The zero-order valence-corrected chi connectivity index (χ0v) is 11.3. The van der Waals surface area contributed by atoms with Crippen LogP contribution in [-0.2, 0) is 0 Å². The van der Waals surface area contributed by atoms with E-state index in [2.05, 4.69) is 105 Å². The maximum Gasteiger partial charge on any atom is -0.106 e. The van der Waals surface area contributed by atoms with Gasteiger partial charge in [0.15, 0.2) is 0 Å². The SMILES string of the molecule is C=C.C=C.C=C.C=C.C=C.C=C.C=C.C=C. The molecule has 0 aliphatic rings. The second kappa shape index (κ2) is 424. The molecule has 0 saturated heterocycles. The normalized spacial score (nSPS) is 2.00. The Balaban J connectivity index is -0.00000000762. The summed E-state index contributed by atoms with van der Waals surface area (Å²) in [5.74, 6) is 0. The van der Waals surface area contributed by atoms with Crippen molar-refractivity contribution >= 4 is 0 Å². The van der Waals surface area contributed by atoms with Crippen molar-refractivity contribution in [1.29, 1.82) is 0 Å². The molecule has 0 N–H and O–H groups in total. The number of rotatable bonds is 0. The lowest BCUT2D eigenvalue weighted by molar-refractivity contribution is 2.81. The van der Waals surface area contributed by atoms with Crippen molar-refractivity contribution in [2.24, 2.45) is 0 Å². The first-order valence-electron chi connectivity index (χ1n) is 4.00. The number of hydrogen-bond donors (Lipinski definition) is 0. The van der Waals surface area contributed by atoms with E-state index in [9.17, 15) is 0 Å². The third-order valence-electron chi connectivity index (χ3n) is 0. The Kier molecular flexibility index (Phi) is 1760. The fourth-order valence-electron chi connectivity index (χ4n) is 0. The molecule has 0 heterocycles. The summed E-state index contributed by atoms with van der Waals surface area (Å²) in [6.07, 6.45) is 0. The van der Waals surface area contributed by atoms with Crippen molar-refractivity contribution in [3.8, 4) is 0 Å². The summed E-state index contributed by atoms with van der Waals surface area (Å²) in [6, 6.07) is 0. The summed E-state index contributed by atoms with van der Waals surface area (Å²) in [5.41, 5.74) is 0. The van der Waals surface area contributed by atoms with E-state index in [0.717, 1.165) is 0 Å². The molecule has 0 saturated carbocycles. The summed E-state index contributed by atoms with van der Waals surface area (Å²) < 4.78 is 0. The highest BCUT2D eigenvalue weighted by Gasteiger charge is 0.615. The largest absolute Gasteiger partial charge is 0.106 e. The van der Waals surface area contributed by atoms with E-state index in [-0.39, 0.29) is 0 Å². The van der Waals surface area contributed by atoms with Gasteiger partial charge in [-0.3, -0.25) is 0 Å². The Labute approximate surface area is 106 Å². The molecule has 0 fully saturated rings. The van der Waals surface area contributed by atoms with Crippen molar-refractivity contribution < 1.29 is 0 Å². The quantitative estimate of drug-likeness (QED) is 0.417. The fraction of sp³-hybridized carbons (Fsp3) is 0. The monoisotopic (exact) mass is 224 g/mol. The van der Waals surface area contributed by atoms with Crippen LogP contribution in [0.1, 0.15) is 0 Å². The maximum atomic E-state index is 3.00. The van der Waals surface area contributed by atoms with Gasteiger partial charge < -0.3 is 0 Å². The lowest BCUT2D eigenvalue weighted by Crippen LogP contribution is -0.552. The van der Waals surface area contributed by atoms with Gasteiger partial charge in [0.2, 0.25) is 0 Å². The van der Waals surface area contributed by atoms with Crippen LogP contribution < -0.4 is 0 Å². The summed E-state index contributed by atoms with van der Waals surface area (Å²) in [5, 5.41) is 0. The van der Waals surface area contributed by atoms with E-state index in [0.29, 0.717) is 0 Å². The van der Waals surface area contributed by atoms with Crippen LogP contribution in [0.5, 0.6) is 0 Å². The topological polar surface area (TPSA) is 0 Å². The third-order valence-corrected chi connectivity index (χ3v) is 0. The Morgan fingerprint density at radius 2 is 0.125 bits per heavy atom. The second-order valence-electron chi connectivity index (χ2n) is 0. The molecule has 0 aliphatic carbocycles. The Bertz CT molecular complexity index is 24.0. The highest BCUT2D eigenvalue weighted by molar-refractivity contribution is 4.23. The minimum Gasteiger partial charge on any atom is -0.106 e. The van der Waals surface area contributed by atoms with E-state index in [1.54, 1.807) is 0 Å². The predicted molar refractivity (Wildman–Crippen MR) is 90.0 cm³/mol. The smallest absolute Gasteiger partial charge is 0.106 e. The van der Waals surface area contributed by atoms with Gasteiger partial charge in [-0.2, -0.15) is 0 Å². The van der Waals surface area contributed by atoms with Crippen molar-refractivity contribution in [1.82, 2.24) is 0 Å². The molecular formula is C16H32. The molecule has 96 valence electrons. The molecule has 16 heavy (non-hydrogen) atoms. The van der Waals surface area contributed by atoms with Crippen LogP contribution >= 0.6 is 0 Å². The molecule has 0 aliphatic heterocycles. The first-order valence-corrected chi connectivity index (χ1v) is 4.00. The molecule has 0 bridgehead atoms. The van der Waals surface area contributed by atoms with E-state index in [1.807, 2.05) is 0 Å². The lowest BCUT2D eigenvalue weighted by atomic mass is 11.3. The van der Waals surface area contributed by atoms with E-state index >= 15 is 0 Å². The summed E-state index contributed by atoms with van der Waals surface area (Å²) in [4.78, 5) is 0. The van der Waals surface area contributed by atoms with Gasteiger partial charge in [0.05, 0.1) is 0 Å². The van der Waals surface area contributed by atoms with E-state index in [1.165, 1.54) is 0 Å². The average Bonchev–Trinajstić information content (AvgIpc) is 2.54. The highest BCUT2D eigenvalue weighted by atomic mass is 12.7. The molecule has 0 spiro atoms. The maximum absolute atomic E-state index is 3.00. The van der Waals surface area contributed by atoms with Gasteiger partial charge in [-0.1, -0.05) is 0 Å². The first-order chi connectivity index (χ1) is 8.00. The molecule has 0 aromatic carbocycles. The molecule has 0 atom stereocenters. The molecule has 0 aromatic heterocycles. The van der Waals surface area contributed by atoms with Crippen molar-refractivity contribution in [2.45, 2.75) is 0 Å². The van der Waals surface area contributed by atoms with Crippen LogP contribution in [0.4, 0.5) is 0 Å². The Morgan fingerprint density at radius 1 is 0.125 bits per heavy atom. The minimum atomic E-state index is 3.00. The standard InChI is InChI=1S/8C2H4/c8*1-2/h8*1-2H2. The summed E-state index contributed by atoms with van der Waals surface area (Å²) in [7, 11) is 0. The zero-order valence-electron chi connectivity index (χ0n) is 11.3. The van der Waals surface area contributed by atoms with E-state index < -0.39 is 0 Å². The Morgan fingerprint density at radius 3 is 0.125 bits per heavy atom. The summed E-state index contributed by atoms with van der Waals surface area (Å²) >= 11 is 0. The Hall–Kier alpha value is -2.08. The molecule has 0 amide bonds.